The van der Waals surface area contributed by atoms with Crippen LogP contribution in [0.25, 0.3) is 0 Å². The topological polar surface area (TPSA) is 266 Å². The van der Waals surface area contributed by atoms with E-state index in [1.54, 1.807) is 13.8 Å². The molecular formula is C39H54N6O10S. The molecular weight excluding hydrogens is 745 g/mol. The molecule has 17 heteroatoms. The highest BCUT2D eigenvalue weighted by Gasteiger charge is 2.31. The fraction of sp³-hybridized carbons (Fsp3) is 0.487. The van der Waals surface area contributed by atoms with Crippen LogP contribution >= 0.6 is 12.2 Å². The van der Waals surface area contributed by atoms with Gasteiger partial charge in [0.15, 0.2) is 5.11 Å². The van der Waals surface area contributed by atoms with Crippen LogP contribution in [0.15, 0.2) is 60.7 Å². The van der Waals surface area contributed by atoms with Crippen molar-refractivity contribution in [2.24, 2.45) is 11.1 Å². The number of carboxylic acid groups (broad SMARTS) is 3. The highest BCUT2D eigenvalue weighted by atomic mass is 32.1. The minimum atomic E-state index is -1.36. The first-order valence-corrected chi connectivity index (χ1v) is 18.6. The molecule has 4 amide bonds. The number of carbonyl (C=O) groups excluding carboxylic acids is 4. The summed E-state index contributed by atoms with van der Waals surface area (Å²) < 4.78 is 0. The van der Waals surface area contributed by atoms with Crippen molar-refractivity contribution in [2.45, 2.75) is 115 Å². The second-order valence-corrected chi connectivity index (χ2v) is 15.5. The Hall–Kier alpha value is -5.58. The van der Waals surface area contributed by atoms with Crippen molar-refractivity contribution in [3.05, 3.63) is 71.8 Å². The molecule has 0 aliphatic heterocycles. The molecule has 0 aliphatic carbocycles. The molecule has 56 heavy (non-hydrogen) atoms. The third-order valence-corrected chi connectivity index (χ3v) is 9.17. The molecule has 4 atom stereocenters. The average Bonchev–Trinajstić information content (AvgIpc) is 3.10. The van der Waals surface area contributed by atoms with E-state index in [0.29, 0.717) is 12.8 Å². The summed E-state index contributed by atoms with van der Waals surface area (Å²) in [6.45, 7) is 7.36. The number of primary amides is 1. The molecule has 0 saturated heterocycles. The zero-order valence-electron chi connectivity index (χ0n) is 32.1. The number of rotatable bonds is 24. The highest BCUT2D eigenvalue weighted by Crippen LogP contribution is 2.30. The molecule has 2 aromatic rings. The summed E-state index contributed by atoms with van der Waals surface area (Å²) >= 11 is 5.04. The number of amides is 4. The van der Waals surface area contributed by atoms with E-state index in [-0.39, 0.29) is 49.5 Å². The molecule has 10 N–H and O–H groups in total. The maximum absolute atomic E-state index is 13.6. The van der Waals surface area contributed by atoms with Gasteiger partial charge in [0, 0.05) is 37.6 Å². The van der Waals surface area contributed by atoms with Crippen LogP contribution in [0.1, 0.15) is 83.8 Å². The summed E-state index contributed by atoms with van der Waals surface area (Å²) in [5, 5.41) is 40.8. The van der Waals surface area contributed by atoms with Gasteiger partial charge in [-0.1, -0.05) is 74.5 Å². The Morgan fingerprint density at radius 3 is 1.59 bits per heavy atom. The van der Waals surface area contributed by atoms with E-state index in [9.17, 15) is 43.8 Å². The van der Waals surface area contributed by atoms with Gasteiger partial charge in [-0.05, 0) is 68.3 Å². The fourth-order valence-electron chi connectivity index (χ4n) is 5.74. The Morgan fingerprint density at radius 1 is 0.643 bits per heavy atom. The summed E-state index contributed by atoms with van der Waals surface area (Å²) in [7, 11) is 0. The number of nitrogens with one attached hydrogen (secondary N) is 5. The smallest absolute Gasteiger partial charge is 0.326 e. The van der Waals surface area contributed by atoms with Crippen LogP contribution in [0.5, 0.6) is 0 Å². The Bertz CT molecular complexity index is 1690. The zero-order chi connectivity index (χ0) is 42.1. The van der Waals surface area contributed by atoms with E-state index < -0.39 is 77.2 Å². The molecule has 0 heterocycles. The van der Waals surface area contributed by atoms with Crippen molar-refractivity contribution in [1.29, 1.82) is 0 Å². The molecule has 2 rings (SSSR count). The van der Waals surface area contributed by atoms with E-state index in [2.05, 4.69) is 26.6 Å². The largest absolute Gasteiger partial charge is 0.481 e. The van der Waals surface area contributed by atoms with Crippen LogP contribution in [0, 0.1) is 5.41 Å². The maximum atomic E-state index is 13.6. The summed E-state index contributed by atoms with van der Waals surface area (Å²) in [4.78, 5) is 86.3. The summed E-state index contributed by atoms with van der Waals surface area (Å²) in [5.74, 6) is -5.99. The lowest BCUT2D eigenvalue weighted by Gasteiger charge is -2.32. The molecule has 0 fully saturated rings. The van der Waals surface area contributed by atoms with Gasteiger partial charge in [0.25, 0.3) is 0 Å². The van der Waals surface area contributed by atoms with E-state index in [1.807, 2.05) is 74.5 Å². The van der Waals surface area contributed by atoms with E-state index in [1.165, 1.54) is 0 Å². The van der Waals surface area contributed by atoms with Crippen LogP contribution < -0.4 is 32.3 Å². The number of hydrogen-bond acceptors (Lipinski definition) is 8. The van der Waals surface area contributed by atoms with Crippen molar-refractivity contribution < 1.29 is 48.9 Å². The number of carbonyl (C=O) groups is 7. The third kappa shape index (κ3) is 18.2. The Kier molecular flexibility index (Phi) is 18.4. The Labute approximate surface area is 331 Å². The van der Waals surface area contributed by atoms with Gasteiger partial charge in [-0.15, -0.1) is 0 Å². The predicted molar refractivity (Wildman–Crippen MR) is 211 cm³/mol. The van der Waals surface area contributed by atoms with Gasteiger partial charge in [-0.2, -0.15) is 0 Å². The molecule has 4 unspecified atom stereocenters. The van der Waals surface area contributed by atoms with E-state index in [0.717, 1.165) is 11.1 Å². The molecule has 16 nitrogen and oxygen atoms in total. The van der Waals surface area contributed by atoms with Gasteiger partial charge in [0.2, 0.25) is 23.6 Å². The minimum absolute atomic E-state index is 0.0395. The first kappa shape index (κ1) is 46.6. The standard InChI is InChI=1S/C39H54N6O10S/c1-38(2,19-20-39(3,4)45-30(46)17-15-26(35(52)53)43-37(56)44-27(36(54)55)16-18-32(48)49)23-31(47)41-29(22-25-13-9-6-10-14-25)34(51)42-28(33(40)50)21-24-11-7-5-8-12-24/h5-14,26-29H,15-23H2,1-4H3,(H2,40,50)(H,41,47)(H,42,51)(H,45,46)(H,48,49)(H,52,53)(H,54,55)(H2,43,44,56). The summed E-state index contributed by atoms with van der Waals surface area (Å²) in [6.07, 6.45) is 0.176. The lowest BCUT2D eigenvalue weighted by molar-refractivity contribution is -0.141. The van der Waals surface area contributed by atoms with Crippen molar-refractivity contribution in [1.82, 2.24) is 26.6 Å². The second kappa shape index (κ2) is 22.1. The second-order valence-electron chi connectivity index (χ2n) is 15.1. The minimum Gasteiger partial charge on any atom is -0.481 e. The quantitative estimate of drug-likeness (QED) is 0.0690. The summed E-state index contributed by atoms with van der Waals surface area (Å²) in [6, 6.07) is 13.5. The zero-order valence-corrected chi connectivity index (χ0v) is 32.9. The van der Waals surface area contributed by atoms with Crippen LogP contribution in [0.4, 0.5) is 0 Å². The first-order chi connectivity index (χ1) is 26.2. The monoisotopic (exact) mass is 798 g/mol. The number of hydrogen-bond donors (Lipinski definition) is 9. The van der Waals surface area contributed by atoms with Gasteiger partial charge in [-0.25, -0.2) is 9.59 Å². The molecule has 0 spiro atoms. The Balaban J connectivity index is 1.97. The molecule has 2 aromatic carbocycles. The van der Waals surface area contributed by atoms with E-state index >= 15 is 0 Å². The predicted octanol–water partition coefficient (Wildman–Crippen LogP) is 2.03. The number of nitrogens with two attached hydrogens (primary N) is 1. The molecule has 0 radical (unpaired) electrons. The molecule has 0 aromatic heterocycles. The van der Waals surface area contributed by atoms with Gasteiger partial charge >= 0.3 is 17.9 Å². The van der Waals surface area contributed by atoms with Gasteiger partial charge in [0.1, 0.15) is 24.2 Å². The van der Waals surface area contributed by atoms with Crippen LogP contribution in [0.2, 0.25) is 0 Å². The maximum Gasteiger partial charge on any atom is 0.326 e. The van der Waals surface area contributed by atoms with E-state index in [4.69, 9.17) is 23.1 Å². The van der Waals surface area contributed by atoms with Crippen LogP contribution in [-0.4, -0.2) is 91.7 Å². The van der Waals surface area contributed by atoms with Crippen LogP contribution in [-0.2, 0) is 46.4 Å². The SMILES string of the molecule is CC(C)(CCC(C)(C)NC(=O)CCC(NC(=S)NC(CCC(=O)O)C(=O)O)C(=O)O)CC(=O)NC(Cc1ccccc1)C(=O)NC(Cc1ccccc1)C(N)=O. The van der Waals surface area contributed by atoms with Gasteiger partial charge < -0.3 is 47.6 Å². The van der Waals surface area contributed by atoms with Gasteiger partial charge in [-0.3, -0.25) is 24.0 Å². The Morgan fingerprint density at radius 2 is 1.12 bits per heavy atom. The molecule has 306 valence electrons. The molecule has 0 saturated carbocycles. The van der Waals surface area contributed by atoms with Crippen molar-refractivity contribution in [3.63, 3.8) is 0 Å². The van der Waals surface area contributed by atoms with Crippen LogP contribution in [0.3, 0.4) is 0 Å². The fourth-order valence-corrected chi connectivity index (χ4v) is 6.03. The first-order valence-electron chi connectivity index (χ1n) is 18.2. The van der Waals surface area contributed by atoms with Crippen molar-refractivity contribution in [3.8, 4) is 0 Å². The lowest BCUT2D eigenvalue weighted by Crippen LogP contribution is -2.54. The highest BCUT2D eigenvalue weighted by molar-refractivity contribution is 7.80. The van der Waals surface area contributed by atoms with Crippen molar-refractivity contribution >= 4 is 58.9 Å². The molecule has 0 aliphatic rings. The number of thiocarbonyl (C=S) groups is 1. The van der Waals surface area contributed by atoms with Crippen molar-refractivity contribution in [2.75, 3.05) is 0 Å². The van der Waals surface area contributed by atoms with Gasteiger partial charge in [0.05, 0.1) is 0 Å². The number of aliphatic carboxylic acids is 3. The average molecular weight is 799 g/mol. The third-order valence-electron chi connectivity index (χ3n) is 8.93. The normalized spacial score (nSPS) is 13.5. The number of carboxylic acids is 3. The molecule has 0 bridgehead atoms. The number of benzene rings is 2. The summed E-state index contributed by atoms with van der Waals surface area (Å²) in [5.41, 5.74) is 5.90. The lowest BCUT2D eigenvalue weighted by atomic mass is 9.80.